The molecule has 0 aliphatic carbocycles. The summed E-state index contributed by atoms with van der Waals surface area (Å²) in [6, 6.07) is 47.2. The van der Waals surface area contributed by atoms with Gasteiger partial charge in [-0.1, -0.05) is 176 Å². The van der Waals surface area contributed by atoms with Crippen molar-refractivity contribution in [2.75, 3.05) is 0 Å². The van der Waals surface area contributed by atoms with Gasteiger partial charge in [-0.2, -0.15) is 0 Å². The van der Waals surface area contributed by atoms with Crippen LogP contribution in [0.4, 0.5) is 0 Å². The number of furan rings is 1. The first-order valence-electron chi connectivity index (χ1n) is 20.4. The van der Waals surface area contributed by atoms with Crippen LogP contribution in [0.1, 0.15) is 8.22 Å². The average molecular weight is 683 g/mol. The molecule has 0 unspecified atom stereocenters. The first-order chi connectivity index (χ1) is 28.8. The minimum Gasteiger partial charge on any atom is -0.455 e. The maximum absolute atomic E-state index is 9.50. The van der Waals surface area contributed by atoms with Gasteiger partial charge in [0.15, 0.2) is 0 Å². The van der Waals surface area contributed by atoms with Gasteiger partial charge < -0.3 is 4.42 Å². The fourth-order valence-corrected chi connectivity index (χ4v) is 7.19. The van der Waals surface area contributed by atoms with Gasteiger partial charge >= 0.3 is 0 Å². The van der Waals surface area contributed by atoms with Crippen molar-refractivity contribution in [3.63, 3.8) is 0 Å². The molecule has 53 heavy (non-hydrogen) atoms. The van der Waals surface area contributed by atoms with Gasteiger partial charge in [0.25, 0.3) is 0 Å². The van der Waals surface area contributed by atoms with E-state index in [0.717, 1.165) is 49.9 Å². The van der Waals surface area contributed by atoms with Crippen LogP contribution in [0, 0.1) is 0 Å². The molecule has 248 valence electrons. The van der Waals surface area contributed by atoms with Crippen LogP contribution in [0.15, 0.2) is 199 Å². The van der Waals surface area contributed by atoms with Gasteiger partial charge in [-0.15, -0.1) is 0 Å². The van der Waals surface area contributed by atoms with Gasteiger partial charge in [0, 0.05) is 44.8 Å². The van der Waals surface area contributed by atoms with Crippen molar-refractivity contribution in [1.29, 1.82) is 0 Å². The Bertz CT molecular complexity index is 3260. The number of pyridine rings is 2. The summed E-state index contributed by atoms with van der Waals surface area (Å²) < 4.78 is 61.6. The van der Waals surface area contributed by atoms with E-state index in [2.05, 4.69) is 17.1 Å². The third-order valence-corrected chi connectivity index (χ3v) is 9.69. The summed E-state index contributed by atoms with van der Waals surface area (Å²) in [4.78, 5) is 9.53. The summed E-state index contributed by atoms with van der Waals surface area (Å²) in [6.45, 7) is 0. The number of rotatable bonds is 6. The second-order valence-corrected chi connectivity index (χ2v) is 12.8. The molecule has 10 rings (SSSR count). The van der Waals surface area contributed by atoms with E-state index in [1.807, 2.05) is 133 Å². The summed E-state index contributed by atoms with van der Waals surface area (Å²) in [5.41, 5.74) is 7.99. The summed E-state index contributed by atoms with van der Waals surface area (Å²) in [6.07, 6.45) is 1.69. The lowest BCUT2D eigenvalue weighted by Crippen LogP contribution is -1.91. The molecule has 3 heteroatoms. The number of aromatic nitrogens is 2. The first kappa shape index (κ1) is 25.0. The van der Waals surface area contributed by atoms with E-state index in [-0.39, 0.29) is 46.1 Å². The summed E-state index contributed by atoms with van der Waals surface area (Å²) in [5.74, 6) is 1.42. The van der Waals surface area contributed by atoms with Crippen molar-refractivity contribution in [1.82, 2.24) is 9.97 Å². The number of nitrogens with zero attached hydrogens (tertiary/aromatic N) is 2. The molecular formula is C50H32N2O. The van der Waals surface area contributed by atoms with Crippen LogP contribution < -0.4 is 0 Å². The smallest absolute Gasteiger partial charge is 0.143 e. The molecule has 0 amide bonds. The monoisotopic (exact) mass is 682 g/mol. The molecule has 3 aromatic heterocycles. The minimum absolute atomic E-state index is 0.135. The predicted octanol–water partition coefficient (Wildman–Crippen LogP) is 13.5. The summed E-state index contributed by atoms with van der Waals surface area (Å²) >= 11 is 0. The molecule has 0 radical (unpaired) electrons. The van der Waals surface area contributed by atoms with Crippen molar-refractivity contribution in [3.05, 3.63) is 194 Å². The summed E-state index contributed by atoms with van der Waals surface area (Å²) in [7, 11) is 0. The maximum Gasteiger partial charge on any atom is 0.143 e. The van der Waals surface area contributed by atoms with Gasteiger partial charge in [-0.05, 0) is 45.2 Å². The molecule has 7 aromatic carbocycles. The van der Waals surface area contributed by atoms with Crippen LogP contribution >= 0.6 is 0 Å². The molecule has 0 N–H and O–H groups in total. The van der Waals surface area contributed by atoms with Gasteiger partial charge in [0.05, 0.1) is 25.0 Å². The fourth-order valence-electron chi connectivity index (χ4n) is 7.19. The normalized spacial score (nSPS) is 13.0. The van der Waals surface area contributed by atoms with E-state index in [9.17, 15) is 5.48 Å². The zero-order valence-corrected chi connectivity index (χ0v) is 28.3. The minimum atomic E-state index is -0.425. The molecule has 0 atom stereocenters. The van der Waals surface area contributed by atoms with Crippen LogP contribution in [0.5, 0.6) is 0 Å². The third kappa shape index (κ3) is 5.38. The van der Waals surface area contributed by atoms with Crippen molar-refractivity contribution in [3.8, 4) is 67.3 Å². The molecule has 0 spiro atoms. The lowest BCUT2D eigenvalue weighted by Gasteiger charge is -2.13. The maximum atomic E-state index is 9.50. The molecule has 0 saturated carbocycles. The fraction of sp³-hybridized carbons (Fsp3) is 0. The standard InChI is InChI=1S/C50H32N2O/c1-4-13-34(14-5-1)45-46(50(39-17-8-3-9-18-39)53-49(45)38-15-6-2-7-16-38)35-24-22-33(23-25-35)40-29-30-43(42-21-11-10-20-41(40)42)44-31-28-37-27-26-36-19-12-32-51-47(36)48(37)52-44/h1-32H/i10D,11D,20D,21D,29D,30D. The number of fused-ring (bicyclic) bond motifs is 4. The molecule has 0 aliphatic heterocycles. The molecule has 3 nitrogen and oxygen atoms in total. The summed E-state index contributed by atoms with van der Waals surface area (Å²) in [5, 5.41) is 2.01. The quantitative estimate of drug-likeness (QED) is 0.164. The van der Waals surface area contributed by atoms with Gasteiger partial charge in [0.1, 0.15) is 11.5 Å². The number of hydrogen-bond donors (Lipinski definition) is 0. The lowest BCUT2D eigenvalue weighted by atomic mass is 9.89. The van der Waals surface area contributed by atoms with E-state index in [1.54, 1.807) is 12.3 Å². The SMILES string of the molecule is [2H]c1c([2H])c([2H])c2c(-c3ccc4ccc5cccnc5c4n3)c([2H])c([2H])c(-c3ccc(-c4c(-c5ccccc5)oc(-c5ccccc5)c4-c4ccccc4)cc3)c2c1[2H]. The van der Waals surface area contributed by atoms with Crippen LogP contribution in [0.2, 0.25) is 0 Å². The van der Waals surface area contributed by atoms with Gasteiger partial charge in [0.2, 0.25) is 0 Å². The molecule has 0 aliphatic rings. The van der Waals surface area contributed by atoms with Crippen LogP contribution in [0.25, 0.3) is 99.9 Å². The Balaban J connectivity index is 1.21. The molecule has 10 aromatic rings. The highest BCUT2D eigenvalue weighted by atomic mass is 16.3. The highest BCUT2D eigenvalue weighted by Gasteiger charge is 2.25. The van der Waals surface area contributed by atoms with Crippen LogP contribution in [0.3, 0.4) is 0 Å². The van der Waals surface area contributed by atoms with Gasteiger partial charge in [-0.3, -0.25) is 4.98 Å². The third-order valence-electron chi connectivity index (χ3n) is 9.69. The largest absolute Gasteiger partial charge is 0.455 e. The van der Waals surface area contributed by atoms with E-state index in [0.29, 0.717) is 28.1 Å². The second kappa shape index (κ2) is 12.9. The van der Waals surface area contributed by atoms with Crippen molar-refractivity contribution >= 4 is 32.6 Å². The molecule has 0 saturated heterocycles. The van der Waals surface area contributed by atoms with E-state index in [4.69, 9.17) is 12.1 Å². The Morgan fingerprint density at radius 1 is 0.415 bits per heavy atom. The molecule has 0 fully saturated rings. The van der Waals surface area contributed by atoms with Crippen LogP contribution in [-0.4, -0.2) is 9.97 Å². The predicted molar refractivity (Wildman–Crippen MR) is 219 cm³/mol. The zero-order valence-electron chi connectivity index (χ0n) is 34.3. The Hall–Kier alpha value is -7.10. The Labute approximate surface area is 315 Å². The van der Waals surface area contributed by atoms with E-state index in [1.165, 1.54) is 0 Å². The molecule has 3 heterocycles. The average Bonchev–Trinajstić information content (AvgIpc) is 3.70. The Kier molecular flexibility index (Phi) is 6.07. The van der Waals surface area contributed by atoms with Crippen molar-refractivity contribution < 1.29 is 12.6 Å². The highest BCUT2D eigenvalue weighted by Crippen LogP contribution is 2.49. The topological polar surface area (TPSA) is 38.9 Å². The van der Waals surface area contributed by atoms with E-state index < -0.39 is 12.1 Å². The Morgan fingerprint density at radius 3 is 1.57 bits per heavy atom. The first-order valence-corrected chi connectivity index (χ1v) is 17.4. The lowest BCUT2D eigenvalue weighted by molar-refractivity contribution is 0.599. The number of hydrogen-bond acceptors (Lipinski definition) is 3. The van der Waals surface area contributed by atoms with E-state index >= 15 is 0 Å². The Morgan fingerprint density at radius 2 is 0.925 bits per heavy atom. The number of benzene rings is 7. The van der Waals surface area contributed by atoms with Crippen molar-refractivity contribution in [2.24, 2.45) is 0 Å². The zero-order chi connectivity index (χ0) is 40.4. The second-order valence-electron chi connectivity index (χ2n) is 12.8. The molecular weight excluding hydrogens is 645 g/mol. The highest BCUT2D eigenvalue weighted by molar-refractivity contribution is 6.07. The molecule has 0 bridgehead atoms. The van der Waals surface area contributed by atoms with Gasteiger partial charge in [-0.25, -0.2) is 4.98 Å². The van der Waals surface area contributed by atoms with Crippen LogP contribution in [-0.2, 0) is 0 Å². The van der Waals surface area contributed by atoms with Crippen molar-refractivity contribution in [2.45, 2.75) is 0 Å².